The molecule has 0 bridgehead atoms. The fourth-order valence-electron chi connectivity index (χ4n) is 2.41. The molecule has 1 amide bonds. The molecule has 5 nitrogen and oxygen atoms in total. The number of anilines is 1. The van der Waals surface area contributed by atoms with Gasteiger partial charge in [-0.05, 0) is 50.2 Å². The van der Waals surface area contributed by atoms with Gasteiger partial charge in [0, 0.05) is 11.3 Å². The highest BCUT2D eigenvalue weighted by Crippen LogP contribution is 2.33. The van der Waals surface area contributed by atoms with Crippen LogP contribution in [0.5, 0.6) is 11.5 Å². The third kappa shape index (κ3) is 3.18. The van der Waals surface area contributed by atoms with Crippen molar-refractivity contribution in [1.82, 2.24) is 0 Å². The predicted molar refractivity (Wildman–Crippen MR) is 86.0 cm³/mol. The number of amides is 1. The minimum Gasteiger partial charge on any atom is -0.482 e. The summed E-state index contributed by atoms with van der Waals surface area (Å²) in [6, 6.07) is 14.0. The van der Waals surface area contributed by atoms with Crippen LogP contribution in [0.1, 0.15) is 24.2 Å². The van der Waals surface area contributed by atoms with E-state index in [1.54, 1.807) is 43.3 Å². The largest absolute Gasteiger partial charge is 0.482 e. The van der Waals surface area contributed by atoms with Gasteiger partial charge in [-0.3, -0.25) is 9.59 Å². The first-order chi connectivity index (χ1) is 11.0. The molecule has 1 N–H and O–H groups in total. The zero-order valence-corrected chi connectivity index (χ0v) is 12.9. The van der Waals surface area contributed by atoms with Gasteiger partial charge >= 0.3 is 0 Å². The number of ether oxygens (including phenoxy) is 2. The standard InChI is InChI=1S/C18H17NO4/c1-11(20)13-7-9-14(10-8-13)19-18(21)17-12(2)22-15-5-3-4-6-16(15)23-17/h3-10,12,17H,1-2H3,(H,19,21)/t12-,17+/m0/s1. The van der Waals surface area contributed by atoms with Crippen LogP contribution in [-0.2, 0) is 4.79 Å². The zero-order valence-electron chi connectivity index (χ0n) is 12.9. The van der Waals surface area contributed by atoms with E-state index in [-0.39, 0.29) is 11.7 Å². The second kappa shape index (κ2) is 6.12. The topological polar surface area (TPSA) is 64.6 Å². The van der Waals surface area contributed by atoms with Gasteiger partial charge in [0.2, 0.25) is 6.10 Å². The summed E-state index contributed by atoms with van der Waals surface area (Å²) in [4.78, 5) is 23.7. The molecule has 0 radical (unpaired) electrons. The van der Waals surface area contributed by atoms with Crippen molar-refractivity contribution in [3.63, 3.8) is 0 Å². The van der Waals surface area contributed by atoms with Crippen LogP contribution in [0.4, 0.5) is 5.69 Å². The summed E-state index contributed by atoms with van der Waals surface area (Å²) in [5, 5.41) is 2.78. The fraction of sp³-hybridized carbons (Fsp3) is 0.222. The molecule has 0 saturated carbocycles. The highest BCUT2D eigenvalue weighted by Gasteiger charge is 2.34. The molecule has 1 aliphatic heterocycles. The van der Waals surface area contributed by atoms with Crippen LogP contribution in [0.25, 0.3) is 0 Å². The molecule has 5 heteroatoms. The quantitative estimate of drug-likeness (QED) is 0.885. The summed E-state index contributed by atoms with van der Waals surface area (Å²) in [7, 11) is 0. The summed E-state index contributed by atoms with van der Waals surface area (Å²) >= 11 is 0. The van der Waals surface area contributed by atoms with Crippen molar-refractivity contribution in [3.8, 4) is 11.5 Å². The average molecular weight is 311 g/mol. The number of Topliss-reactive ketones (excluding diaryl/α,β-unsaturated/α-hetero) is 1. The monoisotopic (exact) mass is 311 g/mol. The Bertz CT molecular complexity index is 739. The Balaban J connectivity index is 1.72. The molecule has 0 unspecified atom stereocenters. The fourth-order valence-corrected chi connectivity index (χ4v) is 2.41. The maximum absolute atomic E-state index is 12.4. The van der Waals surface area contributed by atoms with E-state index >= 15 is 0 Å². The molecular formula is C18H17NO4. The lowest BCUT2D eigenvalue weighted by molar-refractivity contribution is -0.128. The maximum atomic E-state index is 12.4. The molecule has 1 aliphatic rings. The lowest BCUT2D eigenvalue weighted by Crippen LogP contribution is -2.46. The zero-order chi connectivity index (χ0) is 16.4. The molecule has 2 aromatic carbocycles. The molecule has 0 saturated heterocycles. The number of benzene rings is 2. The first kappa shape index (κ1) is 15.1. The van der Waals surface area contributed by atoms with Crippen molar-refractivity contribution in [2.24, 2.45) is 0 Å². The SMILES string of the molecule is CC(=O)c1ccc(NC(=O)[C@@H]2Oc3ccccc3O[C@H]2C)cc1. The Hall–Kier alpha value is -2.82. The Morgan fingerprint density at radius 1 is 0.957 bits per heavy atom. The van der Waals surface area contributed by atoms with Gasteiger partial charge in [0.1, 0.15) is 6.10 Å². The van der Waals surface area contributed by atoms with Gasteiger partial charge in [0.05, 0.1) is 0 Å². The highest BCUT2D eigenvalue weighted by atomic mass is 16.6. The molecule has 118 valence electrons. The van der Waals surface area contributed by atoms with Crippen molar-refractivity contribution in [2.45, 2.75) is 26.1 Å². The molecule has 2 aromatic rings. The second-order valence-corrected chi connectivity index (χ2v) is 5.43. The van der Waals surface area contributed by atoms with Crippen molar-refractivity contribution >= 4 is 17.4 Å². The van der Waals surface area contributed by atoms with E-state index in [0.29, 0.717) is 22.7 Å². The Labute approximate surface area is 134 Å². The summed E-state index contributed by atoms with van der Waals surface area (Å²) < 4.78 is 11.5. The van der Waals surface area contributed by atoms with E-state index in [9.17, 15) is 9.59 Å². The molecule has 0 fully saturated rings. The molecule has 23 heavy (non-hydrogen) atoms. The highest BCUT2D eigenvalue weighted by molar-refractivity contribution is 5.97. The first-order valence-electron chi connectivity index (χ1n) is 7.39. The van der Waals surface area contributed by atoms with Crippen LogP contribution in [0.15, 0.2) is 48.5 Å². The van der Waals surface area contributed by atoms with Crippen molar-refractivity contribution in [1.29, 1.82) is 0 Å². The van der Waals surface area contributed by atoms with Crippen LogP contribution in [0.2, 0.25) is 0 Å². The third-order valence-electron chi connectivity index (χ3n) is 3.66. The van der Waals surface area contributed by atoms with E-state index in [1.165, 1.54) is 6.92 Å². The molecule has 0 aliphatic carbocycles. The van der Waals surface area contributed by atoms with E-state index < -0.39 is 12.2 Å². The van der Waals surface area contributed by atoms with Crippen LogP contribution in [0.3, 0.4) is 0 Å². The van der Waals surface area contributed by atoms with Gasteiger partial charge < -0.3 is 14.8 Å². The number of nitrogens with one attached hydrogen (secondary N) is 1. The number of fused-ring (bicyclic) bond motifs is 1. The Morgan fingerprint density at radius 3 is 2.17 bits per heavy atom. The number of hydrogen-bond acceptors (Lipinski definition) is 4. The molecule has 3 rings (SSSR count). The van der Waals surface area contributed by atoms with Gasteiger partial charge in [-0.2, -0.15) is 0 Å². The molecule has 1 heterocycles. The summed E-state index contributed by atoms with van der Waals surface area (Å²) in [5.74, 6) is 0.882. The van der Waals surface area contributed by atoms with Gasteiger partial charge in [0.25, 0.3) is 5.91 Å². The van der Waals surface area contributed by atoms with Crippen LogP contribution in [0, 0.1) is 0 Å². The van der Waals surface area contributed by atoms with Gasteiger partial charge in [0.15, 0.2) is 17.3 Å². The molecule has 2 atom stereocenters. The van der Waals surface area contributed by atoms with E-state index in [4.69, 9.17) is 9.47 Å². The van der Waals surface area contributed by atoms with E-state index in [0.717, 1.165) is 0 Å². The number of rotatable bonds is 3. The van der Waals surface area contributed by atoms with Gasteiger partial charge in [-0.1, -0.05) is 12.1 Å². The molecular weight excluding hydrogens is 294 g/mol. The second-order valence-electron chi connectivity index (χ2n) is 5.43. The smallest absolute Gasteiger partial charge is 0.269 e. The first-order valence-corrected chi connectivity index (χ1v) is 7.39. The normalized spacial score (nSPS) is 19.0. The summed E-state index contributed by atoms with van der Waals surface area (Å²) in [5.41, 5.74) is 1.21. The molecule has 0 spiro atoms. The number of hydrogen-bond donors (Lipinski definition) is 1. The minimum absolute atomic E-state index is 0.0166. The number of ketones is 1. The number of carbonyl (C=O) groups excluding carboxylic acids is 2. The number of carbonyl (C=O) groups is 2. The lowest BCUT2D eigenvalue weighted by Gasteiger charge is -2.31. The summed E-state index contributed by atoms with van der Waals surface area (Å²) in [6.07, 6.45) is -1.14. The van der Waals surface area contributed by atoms with Crippen LogP contribution >= 0.6 is 0 Å². The Kier molecular flexibility index (Phi) is 4.02. The van der Waals surface area contributed by atoms with Gasteiger partial charge in [-0.25, -0.2) is 0 Å². The average Bonchev–Trinajstić information content (AvgIpc) is 2.54. The van der Waals surface area contributed by atoms with Crippen molar-refractivity contribution in [3.05, 3.63) is 54.1 Å². The predicted octanol–water partition coefficient (Wildman–Crippen LogP) is 3.06. The van der Waals surface area contributed by atoms with Gasteiger partial charge in [-0.15, -0.1) is 0 Å². The van der Waals surface area contributed by atoms with E-state index in [2.05, 4.69) is 5.32 Å². The van der Waals surface area contributed by atoms with Crippen molar-refractivity contribution < 1.29 is 19.1 Å². The van der Waals surface area contributed by atoms with Crippen molar-refractivity contribution in [2.75, 3.05) is 5.32 Å². The van der Waals surface area contributed by atoms with E-state index in [1.807, 2.05) is 12.1 Å². The van der Waals surface area contributed by atoms with Crippen LogP contribution < -0.4 is 14.8 Å². The number of para-hydroxylation sites is 2. The Morgan fingerprint density at radius 2 is 1.57 bits per heavy atom. The lowest BCUT2D eigenvalue weighted by atomic mass is 10.1. The molecule has 0 aromatic heterocycles. The minimum atomic E-state index is -0.739. The summed E-state index contributed by atoms with van der Waals surface area (Å²) in [6.45, 7) is 3.29. The third-order valence-corrected chi connectivity index (χ3v) is 3.66. The van der Waals surface area contributed by atoms with Crippen LogP contribution in [-0.4, -0.2) is 23.9 Å². The maximum Gasteiger partial charge on any atom is 0.269 e.